The largest absolute Gasteiger partial charge is 0.305 e. The Morgan fingerprint density at radius 2 is 2.38 bits per heavy atom. The molecule has 0 atom stereocenters. The number of aliphatic imine (C=N–C) groups is 1. The summed E-state index contributed by atoms with van der Waals surface area (Å²) >= 11 is 0. The zero-order valence-corrected chi connectivity index (χ0v) is 5.02. The highest BCUT2D eigenvalue weighted by molar-refractivity contribution is 6.27. The van der Waals surface area contributed by atoms with Gasteiger partial charge in [-0.3, -0.25) is 4.99 Å². The van der Waals surface area contributed by atoms with Gasteiger partial charge in [-0.1, -0.05) is 0 Å². The molecule has 0 bridgehead atoms. The van der Waals surface area contributed by atoms with Gasteiger partial charge in [-0.25, -0.2) is 5.43 Å². The Morgan fingerprint density at radius 3 is 2.50 bits per heavy atom. The molecule has 3 N–H and O–H groups in total. The number of hydrazine groups is 1. The van der Waals surface area contributed by atoms with Gasteiger partial charge < -0.3 is 10.8 Å². The number of nitrogens with one attached hydrogen (secondary N) is 3. The van der Waals surface area contributed by atoms with Gasteiger partial charge in [-0.2, -0.15) is 0 Å². The summed E-state index contributed by atoms with van der Waals surface area (Å²) in [5, 5.41) is 6.70. The van der Waals surface area contributed by atoms with E-state index in [1.807, 2.05) is 0 Å². The molecule has 0 aromatic carbocycles. The zero-order valence-electron chi connectivity index (χ0n) is 5.02. The van der Waals surface area contributed by atoms with Gasteiger partial charge >= 0.3 is 0 Å². The van der Waals surface area contributed by atoms with Crippen LogP contribution < -0.4 is 10.9 Å². The Labute approximate surface area is 48.5 Å². The Balaban J connectivity index is 3.54. The smallest absolute Gasteiger partial charge is 0.153 e. The fourth-order valence-corrected chi connectivity index (χ4v) is 0.285. The molecule has 8 heavy (non-hydrogen) atoms. The van der Waals surface area contributed by atoms with Crippen molar-refractivity contribution in [1.82, 2.24) is 10.9 Å². The van der Waals surface area contributed by atoms with Gasteiger partial charge in [0, 0.05) is 14.1 Å². The molecule has 0 aliphatic carbocycles. The summed E-state index contributed by atoms with van der Waals surface area (Å²) in [5.41, 5.74) is 5.28. The van der Waals surface area contributed by atoms with Gasteiger partial charge in [0.05, 0.1) is 6.21 Å². The monoisotopic (exact) mass is 114 g/mol. The van der Waals surface area contributed by atoms with Crippen molar-refractivity contribution in [3.63, 3.8) is 0 Å². The van der Waals surface area contributed by atoms with Crippen molar-refractivity contribution in [1.29, 1.82) is 5.41 Å². The number of nitrogens with zero attached hydrogens (tertiary/aromatic N) is 1. The fraction of sp³-hybridized carbons (Fsp3) is 0.500. The Bertz CT molecular complexity index is 96.2. The maximum atomic E-state index is 6.70. The molecule has 0 radical (unpaired) electrons. The maximum Gasteiger partial charge on any atom is 0.153 e. The lowest BCUT2D eigenvalue weighted by Gasteiger charge is -1.98. The molecule has 0 aliphatic rings. The van der Waals surface area contributed by atoms with E-state index >= 15 is 0 Å². The first-order chi connectivity index (χ1) is 3.85. The molecule has 4 heteroatoms. The SMILES string of the molecule is CN=C(C=N)NNC. The number of hydrogen-bond acceptors (Lipinski definition) is 3. The van der Waals surface area contributed by atoms with E-state index in [9.17, 15) is 0 Å². The van der Waals surface area contributed by atoms with Gasteiger partial charge in [0.2, 0.25) is 0 Å². The van der Waals surface area contributed by atoms with E-state index in [0.29, 0.717) is 5.84 Å². The number of rotatable bonds is 2. The van der Waals surface area contributed by atoms with Gasteiger partial charge in [0.1, 0.15) is 0 Å². The van der Waals surface area contributed by atoms with Crippen LogP contribution in [0.25, 0.3) is 0 Å². The van der Waals surface area contributed by atoms with Crippen molar-refractivity contribution in [2.75, 3.05) is 14.1 Å². The molecule has 0 fully saturated rings. The summed E-state index contributed by atoms with van der Waals surface area (Å²) in [6, 6.07) is 0. The van der Waals surface area contributed by atoms with E-state index in [0.717, 1.165) is 6.21 Å². The van der Waals surface area contributed by atoms with E-state index in [1.165, 1.54) is 0 Å². The van der Waals surface area contributed by atoms with Gasteiger partial charge in [0.15, 0.2) is 5.84 Å². The van der Waals surface area contributed by atoms with Crippen LogP contribution in [0.4, 0.5) is 0 Å². The molecule has 0 amide bonds. The first kappa shape index (κ1) is 7.10. The molecule has 0 aromatic rings. The fourth-order valence-electron chi connectivity index (χ4n) is 0.285. The predicted octanol–water partition coefficient (Wildman–Crippen LogP) is -0.612. The normalized spacial score (nSPS) is 11.0. The molecule has 0 unspecified atom stereocenters. The summed E-state index contributed by atoms with van der Waals surface area (Å²) in [6.45, 7) is 0. The second kappa shape index (κ2) is 4.26. The molecule has 0 aromatic heterocycles. The topological polar surface area (TPSA) is 60.3 Å². The Kier molecular flexibility index (Phi) is 3.78. The van der Waals surface area contributed by atoms with Crippen LogP contribution in [0, 0.1) is 5.41 Å². The first-order valence-corrected chi connectivity index (χ1v) is 2.25. The Morgan fingerprint density at radius 1 is 1.75 bits per heavy atom. The van der Waals surface area contributed by atoms with E-state index in [4.69, 9.17) is 5.41 Å². The maximum absolute atomic E-state index is 6.70. The number of amidine groups is 1. The van der Waals surface area contributed by atoms with Crippen molar-refractivity contribution < 1.29 is 0 Å². The minimum Gasteiger partial charge on any atom is -0.305 e. The summed E-state index contributed by atoms with van der Waals surface area (Å²) in [7, 11) is 3.33. The molecule has 4 nitrogen and oxygen atoms in total. The second-order valence-electron chi connectivity index (χ2n) is 1.13. The van der Waals surface area contributed by atoms with E-state index in [2.05, 4.69) is 15.8 Å². The van der Waals surface area contributed by atoms with Crippen molar-refractivity contribution >= 4 is 12.1 Å². The van der Waals surface area contributed by atoms with Gasteiger partial charge in [-0.15, -0.1) is 0 Å². The first-order valence-electron chi connectivity index (χ1n) is 2.25. The van der Waals surface area contributed by atoms with Crippen molar-refractivity contribution in [2.45, 2.75) is 0 Å². The second-order valence-corrected chi connectivity index (χ2v) is 1.13. The summed E-state index contributed by atoms with van der Waals surface area (Å²) < 4.78 is 0. The summed E-state index contributed by atoms with van der Waals surface area (Å²) in [5.74, 6) is 0.521. The molecular weight excluding hydrogens is 104 g/mol. The third-order valence-corrected chi connectivity index (χ3v) is 0.631. The highest BCUT2D eigenvalue weighted by Gasteiger charge is 1.82. The summed E-state index contributed by atoms with van der Waals surface area (Å²) in [4.78, 5) is 3.70. The van der Waals surface area contributed by atoms with E-state index in [1.54, 1.807) is 14.1 Å². The molecule has 0 rings (SSSR count). The van der Waals surface area contributed by atoms with Crippen LogP contribution >= 0.6 is 0 Å². The molecule has 0 aliphatic heterocycles. The molecule has 0 heterocycles. The van der Waals surface area contributed by atoms with Crippen LogP contribution in [0.1, 0.15) is 0 Å². The molecule has 46 valence electrons. The zero-order chi connectivity index (χ0) is 6.41. The highest BCUT2D eigenvalue weighted by atomic mass is 15.4. The van der Waals surface area contributed by atoms with Crippen molar-refractivity contribution in [3.8, 4) is 0 Å². The van der Waals surface area contributed by atoms with Crippen molar-refractivity contribution in [2.24, 2.45) is 4.99 Å². The molecule has 0 saturated carbocycles. The number of hydrogen-bond donors (Lipinski definition) is 3. The minimum absolute atomic E-state index is 0.521. The quantitative estimate of drug-likeness (QED) is 0.255. The van der Waals surface area contributed by atoms with Gasteiger partial charge in [-0.05, 0) is 0 Å². The lowest BCUT2D eigenvalue weighted by atomic mass is 10.7. The lowest BCUT2D eigenvalue weighted by molar-refractivity contribution is 0.773. The van der Waals surface area contributed by atoms with Crippen molar-refractivity contribution in [3.05, 3.63) is 0 Å². The molecular formula is C4H10N4. The van der Waals surface area contributed by atoms with E-state index in [-0.39, 0.29) is 0 Å². The van der Waals surface area contributed by atoms with Crippen LogP contribution in [-0.4, -0.2) is 26.1 Å². The van der Waals surface area contributed by atoms with Crippen LogP contribution in [0.2, 0.25) is 0 Å². The van der Waals surface area contributed by atoms with Gasteiger partial charge in [0.25, 0.3) is 0 Å². The van der Waals surface area contributed by atoms with Crippen LogP contribution in [-0.2, 0) is 0 Å². The highest BCUT2D eigenvalue weighted by Crippen LogP contribution is 1.58. The standard InChI is InChI=1S/C4H10N4/c1-6-4(3-5)8-7-2/h3,5,7H,1-2H3,(H,6,8). The van der Waals surface area contributed by atoms with Crippen LogP contribution in [0.3, 0.4) is 0 Å². The average Bonchev–Trinajstić information content (AvgIpc) is 1.83. The van der Waals surface area contributed by atoms with Crippen LogP contribution in [0.5, 0.6) is 0 Å². The van der Waals surface area contributed by atoms with Crippen LogP contribution in [0.15, 0.2) is 4.99 Å². The third-order valence-electron chi connectivity index (χ3n) is 0.631. The third kappa shape index (κ3) is 2.30. The molecule has 0 spiro atoms. The predicted molar refractivity (Wildman–Crippen MR) is 34.3 cm³/mol. The Hall–Kier alpha value is -0.900. The minimum atomic E-state index is 0.521. The van der Waals surface area contributed by atoms with E-state index < -0.39 is 0 Å². The average molecular weight is 114 g/mol. The molecule has 0 saturated heterocycles. The lowest BCUT2D eigenvalue weighted by Crippen LogP contribution is -2.34. The summed E-state index contributed by atoms with van der Waals surface area (Å²) in [6.07, 6.45) is 1.14.